The van der Waals surface area contributed by atoms with Crippen LogP contribution in [0, 0.1) is 5.92 Å². The number of aliphatic hydroxyl groups excluding tert-OH is 1. The van der Waals surface area contributed by atoms with Crippen LogP contribution in [0.4, 0.5) is 5.69 Å². The second-order valence-electron chi connectivity index (χ2n) is 4.73. The number of hydrogen-bond donors (Lipinski definition) is 1. The van der Waals surface area contributed by atoms with Crippen LogP contribution in [0.3, 0.4) is 0 Å². The van der Waals surface area contributed by atoms with Gasteiger partial charge in [-0.3, -0.25) is 9.59 Å². The van der Waals surface area contributed by atoms with Gasteiger partial charge in [-0.05, 0) is 38.1 Å². The van der Waals surface area contributed by atoms with Crippen LogP contribution in [0.5, 0.6) is 5.75 Å². The summed E-state index contributed by atoms with van der Waals surface area (Å²) in [6.07, 6.45) is -0.823. The first-order valence-corrected chi connectivity index (χ1v) is 6.13. The number of benzene rings is 1. The molecule has 102 valence electrons. The van der Waals surface area contributed by atoms with Crippen LogP contribution in [-0.2, 0) is 9.59 Å². The lowest BCUT2D eigenvalue weighted by molar-refractivity contribution is -0.141. The van der Waals surface area contributed by atoms with Gasteiger partial charge in [0.2, 0.25) is 5.91 Å². The molecule has 3 atom stereocenters. The first-order valence-electron chi connectivity index (χ1n) is 6.13. The molecule has 1 heterocycles. The van der Waals surface area contributed by atoms with Crippen molar-refractivity contribution in [3.8, 4) is 5.75 Å². The van der Waals surface area contributed by atoms with Gasteiger partial charge >= 0.3 is 0 Å². The van der Waals surface area contributed by atoms with Crippen LogP contribution < -0.4 is 9.64 Å². The molecule has 0 saturated carbocycles. The number of Topliss-reactive ketones (excluding diaryl/α,β-unsaturated/α-hetero) is 1. The quantitative estimate of drug-likeness (QED) is 0.823. The SMILES string of the molecule is COc1ccc(N2C(=O)[C@@H]([C@@H](C)O)[C@H]2C(C)=O)cc1. The molecule has 0 radical (unpaired) electrons. The zero-order valence-electron chi connectivity index (χ0n) is 11.2. The van der Waals surface area contributed by atoms with Crippen LogP contribution in [0.2, 0.25) is 0 Å². The van der Waals surface area contributed by atoms with Crippen LogP contribution >= 0.6 is 0 Å². The van der Waals surface area contributed by atoms with Gasteiger partial charge in [-0.25, -0.2) is 0 Å². The van der Waals surface area contributed by atoms with E-state index in [2.05, 4.69) is 0 Å². The molecule has 1 saturated heterocycles. The summed E-state index contributed by atoms with van der Waals surface area (Å²) in [5.74, 6) is -0.301. The summed E-state index contributed by atoms with van der Waals surface area (Å²) in [6.45, 7) is 2.97. The Labute approximate surface area is 111 Å². The molecule has 1 aliphatic heterocycles. The van der Waals surface area contributed by atoms with Gasteiger partial charge in [0, 0.05) is 5.69 Å². The number of methoxy groups -OCH3 is 1. The van der Waals surface area contributed by atoms with E-state index in [-0.39, 0.29) is 11.7 Å². The Kier molecular flexibility index (Phi) is 3.57. The summed E-state index contributed by atoms with van der Waals surface area (Å²) >= 11 is 0. The number of aliphatic hydroxyl groups is 1. The van der Waals surface area contributed by atoms with Gasteiger partial charge in [0.15, 0.2) is 5.78 Å². The van der Waals surface area contributed by atoms with Gasteiger partial charge < -0.3 is 14.7 Å². The highest BCUT2D eigenvalue weighted by molar-refractivity contribution is 6.12. The van der Waals surface area contributed by atoms with Gasteiger partial charge in [0.1, 0.15) is 11.8 Å². The van der Waals surface area contributed by atoms with E-state index >= 15 is 0 Å². The molecular formula is C14H17NO4. The van der Waals surface area contributed by atoms with E-state index < -0.39 is 18.1 Å². The molecule has 1 aromatic carbocycles. The van der Waals surface area contributed by atoms with E-state index in [0.29, 0.717) is 11.4 Å². The van der Waals surface area contributed by atoms with Gasteiger partial charge in [-0.2, -0.15) is 0 Å². The number of β-lactam (4-membered cyclic amide) rings is 1. The van der Waals surface area contributed by atoms with Crippen molar-refractivity contribution in [2.24, 2.45) is 5.92 Å². The predicted octanol–water partition coefficient (Wildman–Crippen LogP) is 0.996. The van der Waals surface area contributed by atoms with Crippen LogP contribution in [0.15, 0.2) is 24.3 Å². The molecule has 0 bridgehead atoms. The summed E-state index contributed by atoms with van der Waals surface area (Å²) < 4.78 is 5.05. The van der Waals surface area contributed by atoms with Gasteiger partial charge in [0.25, 0.3) is 0 Å². The molecule has 5 heteroatoms. The monoisotopic (exact) mass is 263 g/mol. The fraction of sp³-hybridized carbons (Fsp3) is 0.429. The minimum Gasteiger partial charge on any atom is -0.497 e. The van der Waals surface area contributed by atoms with Crippen molar-refractivity contribution in [1.82, 2.24) is 0 Å². The maximum absolute atomic E-state index is 12.1. The Morgan fingerprint density at radius 2 is 1.95 bits per heavy atom. The van der Waals surface area contributed by atoms with Crippen molar-refractivity contribution in [2.75, 3.05) is 12.0 Å². The topological polar surface area (TPSA) is 66.8 Å². The Morgan fingerprint density at radius 1 is 1.37 bits per heavy atom. The summed E-state index contributed by atoms with van der Waals surface area (Å²) in [4.78, 5) is 25.1. The number of carbonyl (C=O) groups is 2. The third-order valence-corrected chi connectivity index (χ3v) is 3.43. The summed E-state index contributed by atoms with van der Waals surface area (Å²) in [7, 11) is 1.56. The van der Waals surface area contributed by atoms with E-state index in [9.17, 15) is 14.7 Å². The maximum Gasteiger partial charge on any atom is 0.235 e. The second-order valence-corrected chi connectivity index (χ2v) is 4.73. The van der Waals surface area contributed by atoms with E-state index in [1.54, 1.807) is 31.4 Å². The summed E-state index contributed by atoms with van der Waals surface area (Å²) in [5, 5.41) is 9.59. The van der Waals surface area contributed by atoms with Gasteiger partial charge in [0.05, 0.1) is 19.1 Å². The Balaban J connectivity index is 2.28. The molecule has 1 aliphatic rings. The molecule has 0 aliphatic carbocycles. The molecule has 0 unspecified atom stereocenters. The number of hydrogen-bond acceptors (Lipinski definition) is 4. The number of ketones is 1. The lowest BCUT2D eigenvalue weighted by Crippen LogP contribution is -2.67. The molecule has 1 amide bonds. The zero-order chi connectivity index (χ0) is 14.2. The molecule has 5 nitrogen and oxygen atoms in total. The van der Waals surface area contributed by atoms with Gasteiger partial charge in [-0.15, -0.1) is 0 Å². The third-order valence-electron chi connectivity index (χ3n) is 3.43. The number of amides is 1. The standard InChI is InChI=1S/C14H17NO4/c1-8(16)12-13(9(2)17)15(14(12)18)10-4-6-11(19-3)7-5-10/h4-8,12-13,16H,1-3H3/t8-,12+,13-/m1/s1. The Morgan fingerprint density at radius 3 is 2.37 bits per heavy atom. The molecule has 1 N–H and O–H groups in total. The largest absolute Gasteiger partial charge is 0.497 e. The zero-order valence-corrected chi connectivity index (χ0v) is 11.2. The van der Waals surface area contributed by atoms with Crippen LogP contribution in [-0.4, -0.2) is 36.1 Å². The summed E-state index contributed by atoms with van der Waals surface area (Å²) in [5.41, 5.74) is 0.642. The van der Waals surface area contributed by atoms with Crippen molar-refractivity contribution >= 4 is 17.4 Å². The molecule has 1 fully saturated rings. The number of anilines is 1. The lowest BCUT2D eigenvalue weighted by atomic mass is 9.80. The molecule has 1 aromatic rings. The fourth-order valence-electron chi connectivity index (χ4n) is 2.45. The van der Waals surface area contributed by atoms with E-state index in [1.807, 2.05) is 0 Å². The maximum atomic E-state index is 12.1. The smallest absolute Gasteiger partial charge is 0.235 e. The molecular weight excluding hydrogens is 246 g/mol. The first kappa shape index (κ1) is 13.5. The predicted molar refractivity (Wildman–Crippen MR) is 70.1 cm³/mol. The second kappa shape index (κ2) is 5.01. The Hall–Kier alpha value is -1.88. The van der Waals surface area contributed by atoms with E-state index in [1.165, 1.54) is 18.7 Å². The highest BCUT2D eigenvalue weighted by atomic mass is 16.5. The van der Waals surface area contributed by atoms with E-state index in [0.717, 1.165) is 0 Å². The number of carbonyl (C=O) groups excluding carboxylic acids is 2. The molecule has 0 aromatic heterocycles. The van der Waals surface area contributed by atoms with Crippen molar-refractivity contribution < 1.29 is 19.4 Å². The van der Waals surface area contributed by atoms with Gasteiger partial charge in [-0.1, -0.05) is 0 Å². The lowest BCUT2D eigenvalue weighted by Gasteiger charge is -2.46. The van der Waals surface area contributed by atoms with Crippen molar-refractivity contribution in [3.05, 3.63) is 24.3 Å². The minimum absolute atomic E-state index is 0.124. The van der Waals surface area contributed by atoms with Crippen molar-refractivity contribution in [1.29, 1.82) is 0 Å². The fourth-order valence-corrected chi connectivity index (χ4v) is 2.45. The molecule has 0 spiro atoms. The highest BCUT2D eigenvalue weighted by Gasteiger charge is 2.52. The highest BCUT2D eigenvalue weighted by Crippen LogP contribution is 2.35. The average Bonchev–Trinajstić information content (AvgIpc) is 2.35. The normalized spacial score (nSPS) is 23.8. The minimum atomic E-state index is -0.823. The molecule has 2 rings (SSSR count). The average molecular weight is 263 g/mol. The van der Waals surface area contributed by atoms with Crippen LogP contribution in [0.25, 0.3) is 0 Å². The molecule has 19 heavy (non-hydrogen) atoms. The van der Waals surface area contributed by atoms with E-state index in [4.69, 9.17) is 4.74 Å². The third kappa shape index (κ3) is 2.21. The van der Waals surface area contributed by atoms with Crippen LogP contribution in [0.1, 0.15) is 13.8 Å². The first-order chi connectivity index (χ1) is 8.97. The van der Waals surface area contributed by atoms with Crippen molar-refractivity contribution in [2.45, 2.75) is 26.0 Å². The number of ether oxygens (including phenoxy) is 1. The van der Waals surface area contributed by atoms with Crippen molar-refractivity contribution in [3.63, 3.8) is 0 Å². The summed E-state index contributed by atoms with van der Waals surface area (Å²) in [6, 6.07) is 6.34. The number of rotatable bonds is 4. The Bertz CT molecular complexity index is 495. The number of nitrogens with zero attached hydrogens (tertiary/aromatic N) is 1.